The molecule has 0 atom stereocenters. The minimum absolute atomic E-state index is 0.0353. The number of hydrogen-bond acceptors (Lipinski definition) is 5. The van der Waals surface area contributed by atoms with Gasteiger partial charge < -0.3 is 5.32 Å². The van der Waals surface area contributed by atoms with Gasteiger partial charge in [0.1, 0.15) is 0 Å². The van der Waals surface area contributed by atoms with E-state index in [2.05, 4.69) is 20.8 Å². The standard InChI is InChI=1S/C14H19N5OS/c1-10-7-5-6-8-11(10)19-13(16-17-18-19)21-9-12(20)15-14(2,3)4/h5-8H,9H2,1-4H3,(H,15,20). The number of rotatable bonds is 4. The van der Waals surface area contributed by atoms with Gasteiger partial charge >= 0.3 is 0 Å². The van der Waals surface area contributed by atoms with Crippen molar-refractivity contribution in [2.24, 2.45) is 0 Å². The molecule has 1 amide bonds. The number of nitrogens with zero attached hydrogens (tertiary/aromatic N) is 4. The summed E-state index contributed by atoms with van der Waals surface area (Å²) in [5, 5.41) is 15.2. The first-order valence-corrected chi connectivity index (χ1v) is 7.63. The highest BCUT2D eigenvalue weighted by Crippen LogP contribution is 2.20. The van der Waals surface area contributed by atoms with Crippen molar-refractivity contribution in [2.75, 3.05) is 5.75 Å². The largest absolute Gasteiger partial charge is 0.351 e. The van der Waals surface area contributed by atoms with Gasteiger partial charge in [0.25, 0.3) is 0 Å². The second-order valence-electron chi connectivity index (χ2n) is 5.75. The van der Waals surface area contributed by atoms with Crippen molar-refractivity contribution in [3.8, 4) is 5.69 Å². The van der Waals surface area contributed by atoms with E-state index in [9.17, 15) is 4.79 Å². The van der Waals surface area contributed by atoms with Crippen molar-refractivity contribution in [1.82, 2.24) is 25.5 Å². The summed E-state index contributed by atoms with van der Waals surface area (Å²) in [5.41, 5.74) is 1.76. The zero-order valence-electron chi connectivity index (χ0n) is 12.6. The molecule has 1 aromatic heterocycles. The molecule has 1 aromatic carbocycles. The number of hydrogen-bond donors (Lipinski definition) is 1. The molecule has 0 unspecified atom stereocenters. The van der Waals surface area contributed by atoms with Gasteiger partial charge in [-0.1, -0.05) is 30.0 Å². The third kappa shape index (κ3) is 4.29. The Morgan fingerprint density at radius 2 is 2.05 bits per heavy atom. The molecule has 1 N–H and O–H groups in total. The molecule has 0 radical (unpaired) electrons. The Bertz CT molecular complexity index is 632. The molecule has 7 heteroatoms. The second-order valence-corrected chi connectivity index (χ2v) is 6.69. The Morgan fingerprint density at radius 3 is 2.71 bits per heavy atom. The van der Waals surface area contributed by atoms with Crippen LogP contribution in [0.25, 0.3) is 5.69 Å². The number of para-hydroxylation sites is 1. The van der Waals surface area contributed by atoms with Crippen LogP contribution in [0.4, 0.5) is 0 Å². The zero-order chi connectivity index (χ0) is 15.5. The van der Waals surface area contributed by atoms with Crippen LogP contribution in [0.2, 0.25) is 0 Å². The number of carbonyl (C=O) groups is 1. The Labute approximate surface area is 128 Å². The maximum atomic E-state index is 11.9. The lowest BCUT2D eigenvalue weighted by Gasteiger charge is -2.20. The van der Waals surface area contributed by atoms with Gasteiger partial charge in [-0.2, -0.15) is 4.68 Å². The van der Waals surface area contributed by atoms with E-state index in [1.165, 1.54) is 11.8 Å². The van der Waals surface area contributed by atoms with Crippen LogP contribution in [0.1, 0.15) is 26.3 Å². The maximum Gasteiger partial charge on any atom is 0.230 e. The Kier molecular flexibility index (Phi) is 4.62. The van der Waals surface area contributed by atoms with E-state index in [-0.39, 0.29) is 17.2 Å². The molecule has 2 rings (SSSR count). The summed E-state index contributed by atoms with van der Waals surface area (Å²) in [6.45, 7) is 7.85. The number of carbonyl (C=O) groups excluding carboxylic acids is 1. The van der Waals surface area contributed by atoms with Crippen LogP contribution in [-0.2, 0) is 4.79 Å². The topological polar surface area (TPSA) is 72.7 Å². The SMILES string of the molecule is Cc1ccccc1-n1nnnc1SCC(=O)NC(C)(C)C. The van der Waals surface area contributed by atoms with Gasteiger partial charge in [0.2, 0.25) is 11.1 Å². The van der Waals surface area contributed by atoms with E-state index >= 15 is 0 Å². The predicted molar refractivity (Wildman–Crippen MR) is 82.5 cm³/mol. The average Bonchev–Trinajstić information content (AvgIpc) is 2.83. The van der Waals surface area contributed by atoms with Crippen molar-refractivity contribution < 1.29 is 4.79 Å². The highest BCUT2D eigenvalue weighted by Gasteiger charge is 2.16. The number of amides is 1. The summed E-state index contributed by atoms with van der Waals surface area (Å²) in [7, 11) is 0. The summed E-state index contributed by atoms with van der Waals surface area (Å²) in [4.78, 5) is 11.9. The first kappa shape index (κ1) is 15.5. The van der Waals surface area contributed by atoms with Gasteiger partial charge in [-0.3, -0.25) is 4.79 Å². The Balaban J connectivity index is 2.08. The van der Waals surface area contributed by atoms with Crippen LogP contribution < -0.4 is 5.32 Å². The number of nitrogens with one attached hydrogen (secondary N) is 1. The molecule has 0 bridgehead atoms. The lowest BCUT2D eigenvalue weighted by molar-refractivity contribution is -0.119. The van der Waals surface area contributed by atoms with Crippen LogP contribution in [-0.4, -0.2) is 37.4 Å². The number of tetrazole rings is 1. The molecular weight excluding hydrogens is 286 g/mol. The Morgan fingerprint density at radius 1 is 1.33 bits per heavy atom. The van der Waals surface area contributed by atoms with E-state index in [0.717, 1.165) is 11.3 Å². The molecule has 0 aliphatic carbocycles. The van der Waals surface area contributed by atoms with E-state index in [1.54, 1.807) is 4.68 Å². The van der Waals surface area contributed by atoms with E-state index in [0.29, 0.717) is 5.16 Å². The summed E-state index contributed by atoms with van der Waals surface area (Å²) >= 11 is 1.32. The fourth-order valence-corrected chi connectivity index (χ4v) is 2.49. The molecule has 0 aliphatic rings. The molecule has 2 aromatic rings. The molecule has 21 heavy (non-hydrogen) atoms. The maximum absolute atomic E-state index is 11.9. The number of benzene rings is 1. The van der Waals surface area contributed by atoms with Gasteiger partial charge in [0, 0.05) is 5.54 Å². The van der Waals surface area contributed by atoms with Crippen molar-refractivity contribution >= 4 is 17.7 Å². The smallest absolute Gasteiger partial charge is 0.230 e. The van der Waals surface area contributed by atoms with Crippen molar-refractivity contribution in [3.63, 3.8) is 0 Å². The molecule has 1 heterocycles. The van der Waals surface area contributed by atoms with Gasteiger partial charge in [0.05, 0.1) is 11.4 Å². The number of aromatic nitrogens is 4. The van der Waals surface area contributed by atoms with Crippen LogP contribution in [0.15, 0.2) is 29.4 Å². The normalized spacial score (nSPS) is 11.4. The highest BCUT2D eigenvalue weighted by atomic mass is 32.2. The monoisotopic (exact) mass is 305 g/mol. The summed E-state index contributed by atoms with van der Waals surface area (Å²) in [6, 6.07) is 7.85. The van der Waals surface area contributed by atoms with Crippen molar-refractivity contribution in [2.45, 2.75) is 38.4 Å². The molecule has 0 aliphatic heterocycles. The molecule has 0 saturated carbocycles. The summed E-state index contributed by atoms with van der Waals surface area (Å²) in [5.74, 6) is 0.246. The van der Waals surface area contributed by atoms with Gasteiger partial charge in [0.15, 0.2) is 0 Å². The van der Waals surface area contributed by atoms with Crippen LogP contribution in [0, 0.1) is 6.92 Å². The quantitative estimate of drug-likeness (QED) is 0.874. The first-order valence-electron chi connectivity index (χ1n) is 6.65. The molecular formula is C14H19N5OS. The van der Waals surface area contributed by atoms with E-state index < -0.39 is 0 Å². The fraction of sp³-hybridized carbons (Fsp3) is 0.429. The van der Waals surface area contributed by atoms with E-state index in [4.69, 9.17) is 0 Å². The molecule has 112 valence electrons. The number of thioether (sulfide) groups is 1. The van der Waals surface area contributed by atoms with Crippen LogP contribution in [0.5, 0.6) is 0 Å². The molecule has 0 saturated heterocycles. The van der Waals surface area contributed by atoms with Gasteiger partial charge in [-0.25, -0.2) is 0 Å². The van der Waals surface area contributed by atoms with Crippen LogP contribution in [0.3, 0.4) is 0 Å². The van der Waals surface area contributed by atoms with Gasteiger partial charge in [-0.15, -0.1) is 5.10 Å². The lowest BCUT2D eigenvalue weighted by atomic mass is 10.1. The minimum Gasteiger partial charge on any atom is -0.351 e. The van der Waals surface area contributed by atoms with Crippen LogP contribution >= 0.6 is 11.8 Å². The summed E-state index contributed by atoms with van der Waals surface area (Å²) in [6.07, 6.45) is 0. The molecule has 6 nitrogen and oxygen atoms in total. The van der Waals surface area contributed by atoms with Crippen molar-refractivity contribution in [1.29, 1.82) is 0 Å². The average molecular weight is 305 g/mol. The predicted octanol–water partition coefficient (Wildman–Crippen LogP) is 1.98. The van der Waals surface area contributed by atoms with E-state index in [1.807, 2.05) is 52.0 Å². The fourth-order valence-electron chi connectivity index (χ4n) is 1.81. The second kappa shape index (κ2) is 6.26. The third-order valence-electron chi connectivity index (χ3n) is 2.63. The highest BCUT2D eigenvalue weighted by molar-refractivity contribution is 7.99. The Hall–Kier alpha value is -1.89. The molecule has 0 spiro atoms. The molecule has 0 fully saturated rings. The van der Waals surface area contributed by atoms with Gasteiger partial charge in [-0.05, 0) is 49.8 Å². The zero-order valence-corrected chi connectivity index (χ0v) is 13.4. The third-order valence-corrected chi connectivity index (χ3v) is 3.55. The minimum atomic E-state index is -0.237. The van der Waals surface area contributed by atoms with Crippen molar-refractivity contribution in [3.05, 3.63) is 29.8 Å². The first-order chi connectivity index (χ1) is 9.87. The summed E-state index contributed by atoms with van der Waals surface area (Å²) < 4.78 is 1.66. The number of aryl methyl sites for hydroxylation is 1. The lowest BCUT2D eigenvalue weighted by Crippen LogP contribution is -2.41.